The van der Waals surface area contributed by atoms with Gasteiger partial charge in [-0.05, 0) is 43.5 Å². The monoisotopic (exact) mass is 688 g/mol. The van der Waals surface area contributed by atoms with Gasteiger partial charge in [-0.3, -0.25) is 0 Å². The number of hydrogen-bond acceptors (Lipinski definition) is 7. The first-order chi connectivity index (χ1) is 23.6. The summed E-state index contributed by atoms with van der Waals surface area (Å²) in [5.41, 5.74) is 0.111. The lowest BCUT2D eigenvalue weighted by molar-refractivity contribution is -0.206. The van der Waals surface area contributed by atoms with Crippen LogP contribution in [0.2, 0.25) is 0 Å². The van der Waals surface area contributed by atoms with Crippen LogP contribution in [0.1, 0.15) is 131 Å². The summed E-state index contributed by atoms with van der Waals surface area (Å²) in [5, 5.41) is 0. The highest BCUT2D eigenvalue weighted by molar-refractivity contribution is 5.92. The third kappa shape index (κ3) is 14.2. The number of aromatic nitrogens is 2. The number of ether oxygens (including phenoxy) is 3. The van der Waals surface area contributed by atoms with Gasteiger partial charge in [-0.25, -0.2) is 23.9 Å². The van der Waals surface area contributed by atoms with Crippen molar-refractivity contribution in [1.82, 2.24) is 9.97 Å². The van der Waals surface area contributed by atoms with Gasteiger partial charge in [0.15, 0.2) is 17.7 Å². The number of nitrogens with zero attached hydrogens (tertiary/aromatic N) is 2. The summed E-state index contributed by atoms with van der Waals surface area (Å²) in [7, 11) is 0. The number of hydrogen-bond donors (Lipinski definition) is 0. The fourth-order valence-corrected chi connectivity index (χ4v) is 5.20. The van der Waals surface area contributed by atoms with Crippen molar-refractivity contribution in [2.75, 3.05) is 6.61 Å². The molecule has 0 bridgehead atoms. The van der Waals surface area contributed by atoms with E-state index in [9.17, 15) is 27.2 Å². The quantitative estimate of drug-likeness (QED) is 0.0449. The van der Waals surface area contributed by atoms with E-state index < -0.39 is 42.0 Å². The second-order valence-corrected chi connectivity index (χ2v) is 12.2. The molecule has 0 N–H and O–H groups in total. The molecule has 0 saturated carbocycles. The first-order valence-corrected chi connectivity index (χ1v) is 17.5. The van der Waals surface area contributed by atoms with Crippen molar-refractivity contribution in [3.05, 3.63) is 71.8 Å². The van der Waals surface area contributed by atoms with Crippen molar-refractivity contribution in [2.45, 2.75) is 122 Å². The zero-order valence-electron chi connectivity index (χ0n) is 28.5. The Balaban J connectivity index is 1.48. The molecule has 1 aromatic heterocycles. The van der Waals surface area contributed by atoms with E-state index in [0.29, 0.717) is 30.2 Å². The van der Waals surface area contributed by atoms with E-state index in [-0.39, 0.29) is 17.7 Å². The zero-order valence-corrected chi connectivity index (χ0v) is 28.5. The van der Waals surface area contributed by atoms with Crippen LogP contribution >= 0.6 is 0 Å². The molecule has 1 unspecified atom stereocenters. The number of alkyl halides is 3. The van der Waals surface area contributed by atoms with E-state index in [1.54, 1.807) is 24.5 Å². The van der Waals surface area contributed by atoms with Crippen LogP contribution in [-0.4, -0.2) is 40.8 Å². The van der Waals surface area contributed by atoms with Crippen LogP contribution in [0, 0.1) is 5.82 Å². The predicted octanol–water partition coefficient (Wildman–Crippen LogP) is 10.9. The summed E-state index contributed by atoms with van der Waals surface area (Å²) in [6.45, 7) is 4.85. The van der Waals surface area contributed by atoms with Crippen molar-refractivity contribution in [3.8, 4) is 22.9 Å². The van der Waals surface area contributed by atoms with Gasteiger partial charge in [0.05, 0.1) is 30.1 Å². The van der Waals surface area contributed by atoms with Gasteiger partial charge in [-0.15, -0.1) is 0 Å². The Hall–Kier alpha value is -4.02. The lowest BCUT2D eigenvalue weighted by atomic mass is 10.1. The van der Waals surface area contributed by atoms with Crippen LogP contribution in [0.25, 0.3) is 11.4 Å². The van der Waals surface area contributed by atoms with Crippen molar-refractivity contribution in [3.63, 3.8) is 0 Å². The summed E-state index contributed by atoms with van der Waals surface area (Å²) >= 11 is 0. The molecule has 2 aromatic carbocycles. The molecule has 0 saturated heterocycles. The van der Waals surface area contributed by atoms with Gasteiger partial charge in [0.25, 0.3) is 0 Å². The van der Waals surface area contributed by atoms with E-state index in [2.05, 4.69) is 21.6 Å². The van der Waals surface area contributed by atoms with Crippen molar-refractivity contribution >= 4 is 11.9 Å². The third-order valence-electron chi connectivity index (χ3n) is 8.08. The lowest BCUT2D eigenvalue weighted by Gasteiger charge is -2.21. The third-order valence-corrected chi connectivity index (χ3v) is 8.08. The van der Waals surface area contributed by atoms with Gasteiger partial charge < -0.3 is 14.2 Å². The number of unbranched alkanes of at least 4 members (excludes halogenated alkanes) is 12. The Bertz CT molecular complexity index is 1420. The number of esters is 2. The normalized spacial score (nSPS) is 12.0. The topological polar surface area (TPSA) is 87.6 Å². The van der Waals surface area contributed by atoms with Gasteiger partial charge in [0.1, 0.15) is 11.6 Å². The van der Waals surface area contributed by atoms with Crippen LogP contribution in [0.5, 0.6) is 11.5 Å². The SMILES string of the molecule is CCCCCCCCCCOc1cnc(-c2ccc(C(=O)Oc3ccc(C(=O)OC(CCCCCCCC)C(F)(F)F)c(F)c3)cc2)nc1. The number of halogens is 4. The average Bonchev–Trinajstić information content (AvgIpc) is 3.08. The Labute approximate surface area is 286 Å². The molecular weight excluding hydrogens is 640 g/mol. The highest BCUT2D eigenvalue weighted by Gasteiger charge is 2.42. The molecule has 1 atom stereocenters. The molecule has 268 valence electrons. The number of carbonyl (C=O) groups is 2. The number of benzene rings is 2. The van der Waals surface area contributed by atoms with Crippen LogP contribution < -0.4 is 9.47 Å². The van der Waals surface area contributed by atoms with Gasteiger partial charge in [-0.1, -0.05) is 103 Å². The molecule has 0 amide bonds. The summed E-state index contributed by atoms with van der Waals surface area (Å²) in [6, 6.07) is 9.07. The Morgan fingerprint density at radius 3 is 1.86 bits per heavy atom. The van der Waals surface area contributed by atoms with Crippen LogP contribution in [-0.2, 0) is 4.74 Å². The maximum absolute atomic E-state index is 14.8. The van der Waals surface area contributed by atoms with Crippen LogP contribution in [0.3, 0.4) is 0 Å². The fraction of sp³-hybridized carbons (Fsp3) is 0.526. The summed E-state index contributed by atoms with van der Waals surface area (Å²) < 4.78 is 70.9. The van der Waals surface area contributed by atoms with E-state index >= 15 is 0 Å². The molecule has 49 heavy (non-hydrogen) atoms. The Morgan fingerprint density at radius 2 is 1.29 bits per heavy atom. The maximum atomic E-state index is 14.8. The van der Waals surface area contributed by atoms with E-state index in [4.69, 9.17) is 9.47 Å². The first-order valence-electron chi connectivity index (χ1n) is 17.5. The maximum Gasteiger partial charge on any atom is 0.425 e. The number of carbonyl (C=O) groups excluding carboxylic acids is 2. The zero-order chi connectivity index (χ0) is 35.5. The second-order valence-electron chi connectivity index (χ2n) is 12.2. The molecule has 0 aliphatic rings. The predicted molar refractivity (Wildman–Crippen MR) is 180 cm³/mol. The fourth-order valence-electron chi connectivity index (χ4n) is 5.20. The smallest absolute Gasteiger partial charge is 0.425 e. The minimum Gasteiger partial charge on any atom is -0.490 e. The molecule has 1 heterocycles. The summed E-state index contributed by atoms with van der Waals surface area (Å²) in [6.07, 6.45) is 9.95. The lowest BCUT2D eigenvalue weighted by Crippen LogP contribution is -2.34. The van der Waals surface area contributed by atoms with Crippen LogP contribution in [0.15, 0.2) is 54.9 Å². The van der Waals surface area contributed by atoms with Gasteiger partial charge in [0.2, 0.25) is 0 Å². The molecule has 7 nitrogen and oxygen atoms in total. The molecule has 0 radical (unpaired) electrons. The standard InChI is InChI=1S/C38H48F4N2O5/c1-3-5-7-9-11-12-14-16-24-47-31-26-43-35(44-27-31)28-18-20-29(21-19-28)36(45)48-30-22-23-32(33(39)25-30)37(46)49-34(38(40,41)42)17-15-13-10-8-6-4-2/h18-23,25-27,34H,3-17,24H2,1-2H3. The molecule has 0 aliphatic carbocycles. The van der Waals surface area contributed by atoms with E-state index in [0.717, 1.165) is 56.7 Å². The highest BCUT2D eigenvalue weighted by Crippen LogP contribution is 2.29. The first kappa shape index (κ1) is 39.4. The van der Waals surface area contributed by atoms with Gasteiger partial charge >= 0.3 is 18.1 Å². The largest absolute Gasteiger partial charge is 0.490 e. The van der Waals surface area contributed by atoms with Crippen molar-refractivity contribution < 1.29 is 41.4 Å². The molecule has 0 spiro atoms. The highest BCUT2D eigenvalue weighted by atomic mass is 19.4. The Kier molecular flexibility index (Phi) is 17.0. The molecule has 11 heteroatoms. The molecule has 0 aliphatic heterocycles. The second kappa shape index (κ2) is 21.1. The minimum absolute atomic E-state index is 0.153. The van der Waals surface area contributed by atoms with E-state index in [1.807, 2.05) is 6.92 Å². The minimum atomic E-state index is -4.78. The van der Waals surface area contributed by atoms with Crippen molar-refractivity contribution in [1.29, 1.82) is 0 Å². The van der Waals surface area contributed by atoms with Crippen molar-refractivity contribution in [2.24, 2.45) is 0 Å². The molecular formula is C38H48F4N2O5. The number of rotatable bonds is 22. The summed E-state index contributed by atoms with van der Waals surface area (Å²) in [4.78, 5) is 33.8. The molecule has 3 rings (SSSR count). The average molecular weight is 689 g/mol. The van der Waals surface area contributed by atoms with E-state index in [1.165, 1.54) is 50.7 Å². The molecule has 0 fully saturated rings. The Morgan fingerprint density at radius 1 is 0.714 bits per heavy atom. The van der Waals surface area contributed by atoms with Crippen LogP contribution in [0.4, 0.5) is 17.6 Å². The summed E-state index contributed by atoms with van der Waals surface area (Å²) in [5.74, 6) is -2.63. The molecule has 3 aromatic rings. The van der Waals surface area contributed by atoms with Gasteiger partial charge in [-0.2, -0.15) is 13.2 Å². The van der Waals surface area contributed by atoms with Gasteiger partial charge in [0, 0.05) is 11.6 Å².